The normalized spacial score (nSPS) is 13.4. The SMILES string of the molecule is CCC(O)C=Cc1cccc(=O)o1. The lowest BCUT2D eigenvalue weighted by atomic mass is 10.2. The third-order valence-corrected chi connectivity index (χ3v) is 1.61. The van der Waals surface area contributed by atoms with Gasteiger partial charge in [-0.3, -0.25) is 0 Å². The molecule has 70 valence electrons. The summed E-state index contributed by atoms with van der Waals surface area (Å²) < 4.78 is 4.82. The maximum atomic E-state index is 10.7. The van der Waals surface area contributed by atoms with Crippen LogP contribution in [-0.2, 0) is 0 Å². The fourth-order valence-electron chi connectivity index (χ4n) is 0.837. The summed E-state index contributed by atoms with van der Waals surface area (Å²) in [5, 5.41) is 9.18. The summed E-state index contributed by atoms with van der Waals surface area (Å²) in [6, 6.07) is 4.62. The monoisotopic (exact) mass is 180 g/mol. The van der Waals surface area contributed by atoms with Crippen molar-refractivity contribution in [2.24, 2.45) is 0 Å². The van der Waals surface area contributed by atoms with Crippen molar-refractivity contribution in [3.05, 3.63) is 40.5 Å². The summed E-state index contributed by atoms with van der Waals surface area (Å²) >= 11 is 0. The zero-order valence-corrected chi connectivity index (χ0v) is 7.43. The molecule has 13 heavy (non-hydrogen) atoms. The molecule has 0 saturated carbocycles. The summed E-state index contributed by atoms with van der Waals surface area (Å²) in [4.78, 5) is 10.7. The van der Waals surface area contributed by atoms with E-state index in [1.165, 1.54) is 6.07 Å². The van der Waals surface area contributed by atoms with E-state index >= 15 is 0 Å². The van der Waals surface area contributed by atoms with Crippen LogP contribution in [0.15, 0.2) is 33.5 Å². The maximum Gasteiger partial charge on any atom is 0.336 e. The minimum atomic E-state index is -0.481. The minimum Gasteiger partial charge on any atom is -0.423 e. The molecule has 0 aliphatic carbocycles. The number of hydrogen-bond donors (Lipinski definition) is 1. The quantitative estimate of drug-likeness (QED) is 0.765. The molecule has 0 aliphatic heterocycles. The van der Waals surface area contributed by atoms with Gasteiger partial charge in [0, 0.05) is 6.07 Å². The van der Waals surface area contributed by atoms with Gasteiger partial charge in [-0.1, -0.05) is 19.1 Å². The first-order chi connectivity index (χ1) is 6.22. The van der Waals surface area contributed by atoms with Crippen molar-refractivity contribution < 1.29 is 9.52 Å². The predicted molar refractivity (Wildman–Crippen MR) is 50.3 cm³/mol. The van der Waals surface area contributed by atoms with Crippen LogP contribution in [0.2, 0.25) is 0 Å². The minimum absolute atomic E-state index is 0.381. The first-order valence-corrected chi connectivity index (χ1v) is 4.19. The van der Waals surface area contributed by atoms with Crippen molar-refractivity contribution in [2.75, 3.05) is 0 Å². The molecule has 1 aromatic rings. The Morgan fingerprint density at radius 3 is 3.00 bits per heavy atom. The molecule has 0 aliphatic rings. The highest BCUT2D eigenvalue weighted by Crippen LogP contribution is 2.00. The van der Waals surface area contributed by atoms with Gasteiger partial charge in [-0.15, -0.1) is 0 Å². The van der Waals surface area contributed by atoms with Crippen LogP contribution >= 0.6 is 0 Å². The summed E-state index contributed by atoms with van der Waals surface area (Å²) in [7, 11) is 0. The summed E-state index contributed by atoms with van der Waals surface area (Å²) in [5.41, 5.74) is -0.381. The van der Waals surface area contributed by atoms with E-state index in [2.05, 4.69) is 0 Å². The molecule has 0 aromatic carbocycles. The maximum absolute atomic E-state index is 10.7. The first kappa shape index (κ1) is 9.74. The molecule has 0 bridgehead atoms. The van der Waals surface area contributed by atoms with Crippen molar-refractivity contribution in [1.82, 2.24) is 0 Å². The molecule has 0 spiro atoms. The Morgan fingerprint density at radius 1 is 1.62 bits per heavy atom. The van der Waals surface area contributed by atoms with E-state index in [0.717, 1.165) is 0 Å². The van der Waals surface area contributed by atoms with Gasteiger partial charge in [0.2, 0.25) is 0 Å². The topological polar surface area (TPSA) is 50.4 Å². The Labute approximate surface area is 76.3 Å². The van der Waals surface area contributed by atoms with Gasteiger partial charge in [0.25, 0.3) is 0 Å². The van der Waals surface area contributed by atoms with E-state index in [0.29, 0.717) is 12.2 Å². The van der Waals surface area contributed by atoms with Gasteiger partial charge < -0.3 is 9.52 Å². The molecular weight excluding hydrogens is 168 g/mol. The van der Waals surface area contributed by atoms with Gasteiger partial charge in [-0.25, -0.2) is 4.79 Å². The van der Waals surface area contributed by atoms with E-state index in [4.69, 9.17) is 4.42 Å². The molecule has 1 unspecified atom stereocenters. The molecular formula is C10H12O3. The van der Waals surface area contributed by atoms with Gasteiger partial charge in [0.15, 0.2) is 0 Å². The van der Waals surface area contributed by atoms with Crippen LogP contribution in [0, 0.1) is 0 Å². The predicted octanol–water partition coefficient (Wildman–Crippen LogP) is 1.42. The fraction of sp³-hybridized carbons (Fsp3) is 0.300. The van der Waals surface area contributed by atoms with Crippen LogP contribution < -0.4 is 5.63 Å². The smallest absolute Gasteiger partial charge is 0.336 e. The van der Waals surface area contributed by atoms with Gasteiger partial charge in [0.1, 0.15) is 5.76 Å². The van der Waals surface area contributed by atoms with Crippen LogP contribution in [0.1, 0.15) is 19.1 Å². The second-order valence-corrected chi connectivity index (χ2v) is 2.68. The lowest BCUT2D eigenvalue weighted by Crippen LogP contribution is -1.99. The number of hydrogen-bond acceptors (Lipinski definition) is 3. The van der Waals surface area contributed by atoms with Crippen LogP contribution in [-0.4, -0.2) is 11.2 Å². The molecule has 3 nitrogen and oxygen atoms in total. The lowest BCUT2D eigenvalue weighted by Gasteiger charge is -1.97. The second-order valence-electron chi connectivity index (χ2n) is 2.68. The standard InChI is InChI=1S/C10H12O3/c1-2-8(11)6-7-9-4-3-5-10(12)13-9/h3-8,11H,2H2,1H3. The van der Waals surface area contributed by atoms with Crippen LogP contribution in [0.5, 0.6) is 0 Å². The third-order valence-electron chi connectivity index (χ3n) is 1.61. The van der Waals surface area contributed by atoms with Crippen molar-refractivity contribution in [2.45, 2.75) is 19.4 Å². The van der Waals surface area contributed by atoms with Gasteiger partial charge >= 0.3 is 5.63 Å². The third kappa shape index (κ3) is 3.25. The Kier molecular flexibility index (Phi) is 3.46. The summed E-state index contributed by atoms with van der Waals surface area (Å²) in [6.45, 7) is 1.87. The average molecular weight is 180 g/mol. The van der Waals surface area contributed by atoms with E-state index < -0.39 is 6.10 Å². The molecule has 1 atom stereocenters. The molecule has 1 aromatic heterocycles. The second kappa shape index (κ2) is 4.62. The summed E-state index contributed by atoms with van der Waals surface area (Å²) in [6.07, 6.45) is 3.35. The largest absolute Gasteiger partial charge is 0.423 e. The zero-order valence-electron chi connectivity index (χ0n) is 7.43. The summed E-state index contributed by atoms with van der Waals surface area (Å²) in [5.74, 6) is 0.458. The number of rotatable bonds is 3. The molecule has 0 amide bonds. The van der Waals surface area contributed by atoms with Crippen LogP contribution in [0.4, 0.5) is 0 Å². The van der Waals surface area contributed by atoms with Crippen LogP contribution in [0.25, 0.3) is 6.08 Å². The molecule has 0 radical (unpaired) electrons. The molecule has 0 fully saturated rings. The van der Waals surface area contributed by atoms with Crippen LogP contribution in [0.3, 0.4) is 0 Å². The van der Waals surface area contributed by atoms with Crippen molar-refractivity contribution in [1.29, 1.82) is 0 Å². The highest BCUT2D eigenvalue weighted by Gasteiger charge is 1.94. The Morgan fingerprint density at radius 2 is 2.38 bits per heavy atom. The van der Waals surface area contributed by atoms with Crippen molar-refractivity contribution >= 4 is 6.08 Å². The van der Waals surface area contributed by atoms with Gasteiger partial charge in [0.05, 0.1) is 6.10 Å². The van der Waals surface area contributed by atoms with Gasteiger partial charge in [-0.05, 0) is 18.6 Å². The van der Waals surface area contributed by atoms with E-state index in [-0.39, 0.29) is 5.63 Å². The Bertz CT molecular complexity index is 338. The lowest BCUT2D eigenvalue weighted by molar-refractivity contribution is 0.220. The zero-order chi connectivity index (χ0) is 9.68. The van der Waals surface area contributed by atoms with E-state index in [1.807, 2.05) is 6.92 Å². The first-order valence-electron chi connectivity index (χ1n) is 4.19. The number of aliphatic hydroxyl groups is 1. The molecule has 3 heteroatoms. The van der Waals surface area contributed by atoms with E-state index in [9.17, 15) is 9.90 Å². The van der Waals surface area contributed by atoms with Crippen molar-refractivity contribution in [3.8, 4) is 0 Å². The number of aliphatic hydroxyl groups excluding tert-OH is 1. The van der Waals surface area contributed by atoms with Crippen molar-refractivity contribution in [3.63, 3.8) is 0 Å². The highest BCUT2D eigenvalue weighted by atomic mass is 16.4. The highest BCUT2D eigenvalue weighted by molar-refractivity contribution is 5.42. The fourth-order valence-corrected chi connectivity index (χ4v) is 0.837. The average Bonchev–Trinajstić information content (AvgIpc) is 2.14. The van der Waals surface area contributed by atoms with Gasteiger partial charge in [-0.2, -0.15) is 0 Å². The Balaban J connectivity index is 2.74. The molecule has 0 saturated heterocycles. The van der Waals surface area contributed by atoms with E-state index in [1.54, 1.807) is 24.3 Å². The molecule has 1 N–H and O–H groups in total. The molecule has 1 rings (SSSR count). The molecule has 1 heterocycles. The Hall–Kier alpha value is -1.35.